The highest BCUT2D eigenvalue weighted by Crippen LogP contribution is 2.22. The fourth-order valence-corrected chi connectivity index (χ4v) is 2.81. The van der Waals surface area contributed by atoms with Crippen LogP contribution >= 0.6 is 0 Å². The molecule has 0 fully saturated rings. The summed E-state index contributed by atoms with van der Waals surface area (Å²) in [6.07, 6.45) is 5.22. The molecule has 3 aromatic rings. The number of hydrogen-bond acceptors (Lipinski definition) is 1. The van der Waals surface area contributed by atoms with Crippen molar-refractivity contribution in [2.24, 2.45) is 4.99 Å². The van der Waals surface area contributed by atoms with Crippen LogP contribution in [0.3, 0.4) is 0 Å². The van der Waals surface area contributed by atoms with Gasteiger partial charge in [0.05, 0.1) is 5.69 Å². The molecule has 1 heterocycles. The first kappa shape index (κ1) is 16.3. The summed E-state index contributed by atoms with van der Waals surface area (Å²) in [6.45, 7) is 6.59. The van der Waals surface area contributed by atoms with Crippen molar-refractivity contribution in [3.63, 3.8) is 0 Å². The molecule has 2 aromatic carbocycles. The second-order valence-corrected chi connectivity index (χ2v) is 6.28. The Morgan fingerprint density at radius 3 is 2.42 bits per heavy atom. The molecular weight excluding hydrogens is 292 g/mol. The van der Waals surface area contributed by atoms with E-state index in [9.17, 15) is 0 Å². The van der Waals surface area contributed by atoms with E-state index in [0.29, 0.717) is 5.92 Å². The SMILES string of the molecule is CCC(C)c1ccc(N=Cc2cc(C)n(-c3ccccc3)c2)cc1. The van der Waals surface area contributed by atoms with Crippen LogP contribution in [-0.2, 0) is 0 Å². The summed E-state index contributed by atoms with van der Waals surface area (Å²) >= 11 is 0. The fraction of sp³-hybridized carbons (Fsp3) is 0.227. The smallest absolute Gasteiger partial charge is 0.0630 e. The Morgan fingerprint density at radius 1 is 1.04 bits per heavy atom. The van der Waals surface area contributed by atoms with Gasteiger partial charge < -0.3 is 4.57 Å². The van der Waals surface area contributed by atoms with Crippen LogP contribution in [0.25, 0.3) is 5.69 Å². The third-order valence-corrected chi connectivity index (χ3v) is 4.51. The number of aromatic nitrogens is 1. The largest absolute Gasteiger partial charge is 0.321 e. The first-order valence-electron chi connectivity index (χ1n) is 8.56. The average molecular weight is 316 g/mol. The van der Waals surface area contributed by atoms with Gasteiger partial charge in [-0.15, -0.1) is 0 Å². The molecule has 2 nitrogen and oxygen atoms in total. The van der Waals surface area contributed by atoms with Crippen molar-refractivity contribution in [3.8, 4) is 5.69 Å². The molecule has 0 saturated heterocycles. The van der Waals surface area contributed by atoms with Gasteiger partial charge in [-0.25, -0.2) is 0 Å². The minimum Gasteiger partial charge on any atom is -0.321 e. The summed E-state index contributed by atoms with van der Waals surface area (Å²) in [6, 6.07) is 21.1. The van der Waals surface area contributed by atoms with E-state index in [1.54, 1.807) is 0 Å². The topological polar surface area (TPSA) is 17.3 Å². The van der Waals surface area contributed by atoms with Gasteiger partial charge in [-0.1, -0.05) is 44.2 Å². The highest BCUT2D eigenvalue weighted by molar-refractivity contribution is 5.82. The molecule has 0 N–H and O–H groups in total. The van der Waals surface area contributed by atoms with E-state index in [-0.39, 0.29) is 0 Å². The van der Waals surface area contributed by atoms with Crippen LogP contribution in [0.5, 0.6) is 0 Å². The number of aryl methyl sites for hydroxylation is 1. The van der Waals surface area contributed by atoms with Crippen molar-refractivity contribution >= 4 is 11.9 Å². The van der Waals surface area contributed by atoms with Gasteiger partial charge in [-0.2, -0.15) is 0 Å². The van der Waals surface area contributed by atoms with Crippen molar-refractivity contribution in [1.82, 2.24) is 4.57 Å². The molecule has 0 radical (unpaired) electrons. The van der Waals surface area contributed by atoms with E-state index in [0.717, 1.165) is 17.7 Å². The Labute approximate surface area is 144 Å². The van der Waals surface area contributed by atoms with E-state index >= 15 is 0 Å². The lowest BCUT2D eigenvalue weighted by molar-refractivity contribution is 0.734. The second-order valence-electron chi connectivity index (χ2n) is 6.28. The van der Waals surface area contributed by atoms with Gasteiger partial charge in [-0.05, 0) is 55.2 Å². The standard InChI is InChI=1S/C22H24N2/c1-4-17(2)20-10-12-21(13-11-20)23-15-19-14-18(3)24(16-19)22-8-6-5-7-9-22/h5-17H,4H2,1-3H3. The Kier molecular flexibility index (Phi) is 4.95. The minimum atomic E-state index is 0.602. The summed E-state index contributed by atoms with van der Waals surface area (Å²) in [5.74, 6) is 0.602. The molecule has 0 aliphatic rings. The monoisotopic (exact) mass is 316 g/mol. The number of aliphatic imine (C=N–C) groups is 1. The van der Waals surface area contributed by atoms with E-state index < -0.39 is 0 Å². The zero-order chi connectivity index (χ0) is 16.9. The van der Waals surface area contributed by atoms with Crippen molar-refractivity contribution in [1.29, 1.82) is 0 Å². The normalized spacial score (nSPS) is 12.6. The molecule has 2 heteroatoms. The third-order valence-electron chi connectivity index (χ3n) is 4.51. The van der Waals surface area contributed by atoms with Gasteiger partial charge in [0.2, 0.25) is 0 Å². The Hall–Kier alpha value is -2.61. The Bertz CT molecular complexity index is 811. The highest BCUT2D eigenvalue weighted by Gasteiger charge is 2.03. The van der Waals surface area contributed by atoms with Gasteiger partial charge in [0.1, 0.15) is 0 Å². The quantitative estimate of drug-likeness (QED) is 0.510. The van der Waals surface area contributed by atoms with Crippen molar-refractivity contribution in [2.45, 2.75) is 33.1 Å². The number of rotatable bonds is 5. The molecule has 0 spiro atoms. The Balaban J connectivity index is 1.78. The van der Waals surface area contributed by atoms with Crippen LogP contribution in [-0.4, -0.2) is 10.8 Å². The first-order chi connectivity index (χ1) is 11.7. The van der Waals surface area contributed by atoms with E-state index in [1.807, 2.05) is 12.3 Å². The maximum absolute atomic E-state index is 4.61. The molecule has 0 aliphatic carbocycles. The number of hydrogen-bond donors (Lipinski definition) is 0. The zero-order valence-electron chi connectivity index (χ0n) is 14.6. The van der Waals surface area contributed by atoms with Crippen molar-refractivity contribution < 1.29 is 0 Å². The molecule has 1 atom stereocenters. The zero-order valence-corrected chi connectivity index (χ0v) is 14.6. The summed E-state index contributed by atoms with van der Waals surface area (Å²) in [4.78, 5) is 4.61. The lowest BCUT2D eigenvalue weighted by Gasteiger charge is -2.08. The van der Waals surface area contributed by atoms with Crippen molar-refractivity contribution in [3.05, 3.63) is 83.7 Å². The number of para-hydroxylation sites is 1. The molecule has 0 bridgehead atoms. The summed E-state index contributed by atoms with van der Waals surface area (Å²) in [7, 11) is 0. The van der Waals surface area contributed by atoms with Gasteiger partial charge in [0.25, 0.3) is 0 Å². The minimum absolute atomic E-state index is 0.602. The maximum Gasteiger partial charge on any atom is 0.0630 e. The Morgan fingerprint density at radius 2 is 1.75 bits per heavy atom. The molecule has 0 saturated carbocycles. The summed E-state index contributed by atoms with van der Waals surface area (Å²) in [5.41, 5.74) is 5.86. The molecular formula is C22H24N2. The number of benzene rings is 2. The van der Waals surface area contributed by atoms with Gasteiger partial charge in [0, 0.05) is 29.4 Å². The first-order valence-corrected chi connectivity index (χ1v) is 8.56. The molecule has 122 valence electrons. The van der Waals surface area contributed by atoms with E-state index in [4.69, 9.17) is 0 Å². The molecule has 1 unspecified atom stereocenters. The lowest BCUT2D eigenvalue weighted by Crippen LogP contribution is -1.93. The van der Waals surface area contributed by atoms with Crippen molar-refractivity contribution in [2.75, 3.05) is 0 Å². The van der Waals surface area contributed by atoms with E-state index in [1.165, 1.54) is 16.9 Å². The van der Waals surface area contributed by atoms with Crippen LogP contribution in [0.1, 0.15) is 43.0 Å². The van der Waals surface area contributed by atoms with Crippen LogP contribution in [0.4, 0.5) is 5.69 Å². The van der Waals surface area contributed by atoms with Gasteiger partial charge in [-0.3, -0.25) is 4.99 Å². The van der Waals surface area contributed by atoms with E-state index in [2.05, 4.69) is 91.1 Å². The third kappa shape index (κ3) is 3.65. The predicted octanol–water partition coefficient (Wildman–Crippen LogP) is 6.05. The summed E-state index contributed by atoms with van der Waals surface area (Å²) in [5, 5.41) is 0. The van der Waals surface area contributed by atoms with Gasteiger partial charge >= 0.3 is 0 Å². The molecule has 3 rings (SSSR count). The average Bonchev–Trinajstić information content (AvgIpc) is 3.01. The lowest BCUT2D eigenvalue weighted by atomic mass is 9.99. The van der Waals surface area contributed by atoms with Gasteiger partial charge in [0.15, 0.2) is 0 Å². The molecule has 0 amide bonds. The summed E-state index contributed by atoms with van der Waals surface area (Å²) < 4.78 is 2.19. The highest BCUT2D eigenvalue weighted by atomic mass is 15.0. The van der Waals surface area contributed by atoms with Crippen LogP contribution < -0.4 is 0 Å². The van der Waals surface area contributed by atoms with Crippen LogP contribution in [0.2, 0.25) is 0 Å². The fourth-order valence-electron chi connectivity index (χ4n) is 2.81. The molecule has 1 aromatic heterocycles. The molecule has 0 aliphatic heterocycles. The number of nitrogens with zero attached hydrogens (tertiary/aromatic N) is 2. The van der Waals surface area contributed by atoms with Crippen LogP contribution in [0, 0.1) is 6.92 Å². The van der Waals surface area contributed by atoms with Crippen LogP contribution in [0.15, 0.2) is 71.9 Å². The molecule has 24 heavy (non-hydrogen) atoms. The predicted molar refractivity (Wildman–Crippen MR) is 103 cm³/mol. The second kappa shape index (κ2) is 7.31. The maximum atomic E-state index is 4.61.